The van der Waals surface area contributed by atoms with Crippen LogP contribution in [0.4, 0.5) is 4.79 Å². The lowest BCUT2D eigenvalue weighted by Crippen LogP contribution is -2.09. The molecule has 0 rings (SSSR count). The Kier molecular flexibility index (Phi) is 21.9. The van der Waals surface area contributed by atoms with Gasteiger partial charge in [-0.15, -0.1) is 0 Å². The first-order valence-corrected chi connectivity index (χ1v) is 6.81. The third-order valence-electron chi connectivity index (χ3n) is 2.38. The molecule has 6 N–H and O–H groups in total. The molecule has 0 amide bonds. The van der Waals surface area contributed by atoms with Crippen molar-refractivity contribution in [2.24, 2.45) is 5.92 Å². The third-order valence-corrected chi connectivity index (χ3v) is 2.38. The van der Waals surface area contributed by atoms with Crippen molar-refractivity contribution in [3.8, 4) is 0 Å². The standard InChI is InChI=1S/2C6H14O2.CH2O3/c1-3-5(2)4-6(7)8;1-2-3-4-5-6(7)8;2-1(3)4/h5-8H,3-4H2,1-2H3;6-8H,2-5H2,1H3;(H2,2,3,4). The van der Waals surface area contributed by atoms with E-state index in [4.69, 9.17) is 35.4 Å². The first kappa shape index (κ1) is 24.1. The molecule has 124 valence electrons. The molecule has 0 aliphatic rings. The van der Waals surface area contributed by atoms with E-state index in [1.165, 1.54) is 0 Å². The van der Waals surface area contributed by atoms with Crippen LogP contribution in [0.2, 0.25) is 0 Å². The van der Waals surface area contributed by atoms with Crippen molar-refractivity contribution >= 4 is 6.16 Å². The van der Waals surface area contributed by atoms with E-state index in [2.05, 4.69) is 6.92 Å². The van der Waals surface area contributed by atoms with Crippen molar-refractivity contribution in [1.29, 1.82) is 0 Å². The molecule has 1 atom stereocenters. The second-order valence-electron chi connectivity index (χ2n) is 4.49. The number of unbranched alkanes of at least 4 members (excludes halogenated alkanes) is 2. The molecule has 0 aliphatic heterocycles. The Morgan fingerprint density at radius 3 is 1.60 bits per heavy atom. The van der Waals surface area contributed by atoms with Crippen LogP contribution in [0.15, 0.2) is 0 Å². The van der Waals surface area contributed by atoms with Crippen molar-refractivity contribution in [1.82, 2.24) is 0 Å². The second kappa shape index (κ2) is 18.1. The summed E-state index contributed by atoms with van der Waals surface area (Å²) in [6.45, 7) is 6.12. The lowest BCUT2D eigenvalue weighted by Gasteiger charge is -2.08. The van der Waals surface area contributed by atoms with Crippen LogP contribution in [0.25, 0.3) is 0 Å². The summed E-state index contributed by atoms with van der Waals surface area (Å²) in [4.78, 5) is 8.56. The van der Waals surface area contributed by atoms with Gasteiger partial charge in [0.15, 0.2) is 12.6 Å². The van der Waals surface area contributed by atoms with Gasteiger partial charge in [-0.25, -0.2) is 4.79 Å². The Balaban J connectivity index is -0.000000230. The Hall–Kier alpha value is -0.890. The van der Waals surface area contributed by atoms with Crippen LogP contribution in [0.1, 0.15) is 59.3 Å². The molecule has 7 nitrogen and oxygen atoms in total. The van der Waals surface area contributed by atoms with Crippen LogP contribution >= 0.6 is 0 Å². The maximum Gasteiger partial charge on any atom is 0.503 e. The molecule has 0 saturated heterocycles. The quantitative estimate of drug-likeness (QED) is 0.311. The summed E-state index contributed by atoms with van der Waals surface area (Å²) in [5.41, 5.74) is 0. The number of carbonyl (C=O) groups is 1. The van der Waals surface area contributed by atoms with Gasteiger partial charge in [-0.3, -0.25) is 0 Å². The van der Waals surface area contributed by atoms with E-state index in [0.717, 1.165) is 25.7 Å². The minimum Gasteiger partial charge on any atom is -0.450 e. The fourth-order valence-corrected chi connectivity index (χ4v) is 1.10. The molecule has 0 radical (unpaired) electrons. The Labute approximate surface area is 120 Å². The summed E-state index contributed by atoms with van der Waals surface area (Å²) in [5.74, 6) is 0.426. The van der Waals surface area contributed by atoms with E-state index in [1.807, 2.05) is 13.8 Å². The molecule has 0 fully saturated rings. The molecular formula is C13H30O7. The summed E-state index contributed by atoms with van der Waals surface area (Å²) in [6, 6.07) is 0. The summed E-state index contributed by atoms with van der Waals surface area (Å²) < 4.78 is 0. The van der Waals surface area contributed by atoms with Gasteiger partial charge in [0.05, 0.1) is 0 Å². The van der Waals surface area contributed by atoms with Gasteiger partial charge in [0.25, 0.3) is 0 Å². The van der Waals surface area contributed by atoms with Gasteiger partial charge in [-0.1, -0.05) is 40.0 Å². The minimum atomic E-state index is -1.83. The number of rotatable bonds is 7. The van der Waals surface area contributed by atoms with Gasteiger partial charge >= 0.3 is 6.16 Å². The fourth-order valence-electron chi connectivity index (χ4n) is 1.10. The van der Waals surface area contributed by atoms with E-state index in [0.29, 0.717) is 18.8 Å². The Bertz CT molecular complexity index is 191. The highest BCUT2D eigenvalue weighted by molar-refractivity contribution is 5.53. The Morgan fingerprint density at radius 2 is 1.40 bits per heavy atom. The average Bonchev–Trinajstić information content (AvgIpc) is 2.28. The van der Waals surface area contributed by atoms with Crippen molar-refractivity contribution in [2.75, 3.05) is 0 Å². The fraction of sp³-hybridized carbons (Fsp3) is 0.923. The molecular weight excluding hydrogens is 268 g/mol. The van der Waals surface area contributed by atoms with Crippen LogP contribution < -0.4 is 0 Å². The van der Waals surface area contributed by atoms with Gasteiger partial charge in [-0.05, 0) is 18.8 Å². The van der Waals surface area contributed by atoms with E-state index in [-0.39, 0.29) is 0 Å². The predicted octanol–water partition coefficient (Wildman–Crippen LogP) is 1.83. The number of hydrogen-bond donors (Lipinski definition) is 6. The zero-order valence-corrected chi connectivity index (χ0v) is 12.6. The predicted molar refractivity (Wildman–Crippen MR) is 75.3 cm³/mol. The summed E-state index contributed by atoms with van der Waals surface area (Å²) in [6.07, 6.45) is 1.13. The van der Waals surface area contributed by atoms with Gasteiger partial charge in [0, 0.05) is 6.42 Å². The summed E-state index contributed by atoms with van der Waals surface area (Å²) in [5, 5.41) is 47.4. The number of aliphatic hydroxyl groups excluding tert-OH is 2. The SMILES string of the molecule is CCC(C)CC(O)O.CCCCCC(O)O.O=C(O)O. The molecule has 0 aliphatic carbocycles. The van der Waals surface area contributed by atoms with Crippen molar-refractivity contribution < 1.29 is 35.4 Å². The normalized spacial score (nSPS) is 11.2. The topological polar surface area (TPSA) is 138 Å². The molecule has 0 heterocycles. The van der Waals surface area contributed by atoms with Crippen LogP contribution in [-0.2, 0) is 0 Å². The molecule has 20 heavy (non-hydrogen) atoms. The molecule has 7 heteroatoms. The molecule has 0 aromatic rings. The average molecular weight is 298 g/mol. The van der Waals surface area contributed by atoms with E-state index >= 15 is 0 Å². The zero-order chi connectivity index (χ0) is 16.6. The first-order chi connectivity index (χ1) is 9.17. The van der Waals surface area contributed by atoms with E-state index in [1.54, 1.807) is 0 Å². The number of aliphatic hydroxyl groups is 4. The molecule has 0 spiro atoms. The smallest absolute Gasteiger partial charge is 0.450 e. The molecule has 0 saturated carbocycles. The first-order valence-electron chi connectivity index (χ1n) is 6.81. The monoisotopic (exact) mass is 298 g/mol. The van der Waals surface area contributed by atoms with Crippen LogP contribution in [0, 0.1) is 5.92 Å². The van der Waals surface area contributed by atoms with Gasteiger partial charge in [0.2, 0.25) is 0 Å². The maximum atomic E-state index is 8.56. The minimum absolute atomic E-state index is 0.426. The Morgan fingerprint density at radius 1 is 0.950 bits per heavy atom. The summed E-state index contributed by atoms with van der Waals surface area (Å²) in [7, 11) is 0. The highest BCUT2D eigenvalue weighted by Crippen LogP contribution is 2.07. The molecule has 0 bridgehead atoms. The number of hydrogen-bond acceptors (Lipinski definition) is 5. The van der Waals surface area contributed by atoms with Gasteiger partial charge < -0.3 is 30.6 Å². The summed E-state index contributed by atoms with van der Waals surface area (Å²) >= 11 is 0. The molecule has 0 aromatic heterocycles. The molecule has 0 aromatic carbocycles. The van der Waals surface area contributed by atoms with Crippen LogP contribution in [0.5, 0.6) is 0 Å². The largest absolute Gasteiger partial charge is 0.503 e. The molecule has 1 unspecified atom stereocenters. The third kappa shape index (κ3) is 43.4. The highest BCUT2D eigenvalue weighted by atomic mass is 16.6. The second-order valence-corrected chi connectivity index (χ2v) is 4.49. The number of carboxylic acid groups (broad SMARTS) is 2. The highest BCUT2D eigenvalue weighted by Gasteiger charge is 2.02. The van der Waals surface area contributed by atoms with E-state index in [9.17, 15) is 0 Å². The van der Waals surface area contributed by atoms with Gasteiger partial charge in [-0.2, -0.15) is 0 Å². The van der Waals surface area contributed by atoms with Crippen molar-refractivity contribution in [3.63, 3.8) is 0 Å². The maximum absolute atomic E-state index is 8.56. The van der Waals surface area contributed by atoms with E-state index < -0.39 is 18.7 Å². The van der Waals surface area contributed by atoms with Crippen molar-refractivity contribution in [2.45, 2.75) is 71.9 Å². The van der Waals surface area contributed by atoms with Crippen LogP contribution in [0.3, 0.4) is 0 Å². The lowest BCUT2D eigenvalue weighted by molar-refractivity contribution is -0.0547. The lowest BCUT2D eigenvalue weighted by atomic mass is 10.1. The zero-order valence-electron chi connectivity index (χ0n) is 12.6. The van der Waals surface area contributed by atoms with Crippen LogP contribution in [-0.4, -0.2) is 49.4 Å². The van der Waals surface area contributed by atoms with Gasteiger partial charge in [0.1, 0.15) is 0 Å². The van der Waals surface area contributed by atoms with Crippen molar-refractivity contribution in [3.05, 3.63) is 0 Å².